The Hall–Kier alpha value is -4.82. The maximum atomic E-state index is 15.0. The van der Waals surface area contributed by atoms with Gasteiger partial charge in [-0.2, -0.15) is 0 Å². The molecule has 0 bridgehead atoms. The molecule has 6 rings (SSSR count). The van der Waals surface area contributed by atoms with Gasteiger partial charge in [-0.25, -0.2) is 0 Å². The monoisotopic (exact) mass is 929 g/mol. The largest absolute Gasteiger partial charge is 0.377 e. The summed E-state index contributed by atoms with van der Waals surface area (Å²) in [5.74, 6) is 0. The van der Waals surface area contributed by atoms with Gasteiger partial charge in [-0.15, -0.1) is 0 Å². The van der Waals surface area contributed by atoms with Crippen LogP contribution in [-0.4, -0.2) is 49.3 Å². The van der Waals surface area contributed by atoms with Gasteiger partial charge >= 0.3 is 0 Å². The second-order valence-electron chi connectivity index (χ2n) is 17.6. The van der Waals surface area contributed by atoms with Crippen molar-refractivity contribution in [1.82, 2.24) is 0 Å². The Kier molecular flexibility index (Phi) is 17.1. The van der Waals surface area contributed by atoms with E-state index < -0.39 is 25.5 Å². The fourth-order valence-corrected chi connectivity index (χ4v) is 14.2. The van der Waals surface area contributed by atoms with Crippen LogP contribution in [0, 0.1) is 41.5 Å². The second-order valence-corrected chi connectivity index (χ2v) is 23.0. The Morgan fingerprint density at radius 3 is 1.58 bits per heavy atom. The van der Waals surface area contributed by atoms with Crippen molar-refractivity contribution < 1.29 is 37.7 Å². The number of aryl methyl sites for hydroxylation is 4. The van der Waals surface area contributed by atoms with Crippen molar-refractivity contribution >= 4 is 41.2 Å². The zero-order valence-corrected chi connectivity index (χ0v) is 41.5. The van der Waals surface area contributed by atoms with Crippen molar-refractivity contribution in [3.8, 4) is 0 Å². The van der Waals surface area contributed by atoms with Gasteiger partial charge in [-0.1, -0.05) is 121 Å². The number of ether oxygens (including phenoxy) is 4. The summed E-state index contributed by atoms with van der Waals surface area (Å²) in [4.78, 5) is 29.0. The standard InChI is InChI=1S/C55H65NO8P2/c1-38-33-40(3)51(53(57)65(59,45-21-13-9-14-22-45)46-23-15-10-16-24-46)43(6)49(38)35-61-30-29-42(5)63-37-55(8,56)64-32-31-62-36-50-39(2)34-41(4)52(44(50)7)54(58)66(60,47-25-17-11-18-26-47)48-27-19-12-20-28-48/h9-15,17-23,25-28,33-34,42H,16,24,29-32,35-37,56H2,1-8H3. The predicted molar refractivity (Wildman–Crippen MR) is 268 cm³/mol. The summed E-state index contributed by atoms with van der Waals surface area (Å²) in [6.07, 6.45) is 7.54. The fraction of sp³-hybridized carbons (Fsp3) is 0.345. The van der Waals surface area contributed by atoms with E-state index in [0.717, 1.165) is 50.9 Å². The number of rotatable bonds is 22. The van der Waals surface area contributed by atoms with E-state index in [9.17, 15) is 18.7 Å². The number of nitrogens with two attached hydrogens (primary N) is 1. The molecular weight excluding hydrogens is 865 g/mol. The van der Waals surface area contributed by atoms with E-state index in [2.05, 4.69) is 0 Å². The van der Waals surface area contributed by atoms with Crippen molar-refractivity contribution in [3.05, 3.63) is 182 Å². The molecule has 0 saturated heterocycles. The Bertz CT molecular complexity index is 2630. The molecule has 348 valence electrons. The summed E-state index contributed by atoms with van der Waals surface area (Å²) in [5.41, 5.74) is 12.5. The lowest BCUT2D eigenvalue weighted by molar-refractivity contribution is -0.113. The van der Waals surface area contributed by atoms with Gasteiger partial charge < -0.3 is 33.8 Å². The summed E-state index contributed by atoms with van der Waals surface area (Å²) < 4.78 is 54.3. The molecule has 66 heavy (non-hydrogen) atoms. The van der Waals surface area contributed by atoms with Gasteiger partial charge in [0.15, 0.2) is 0 Å². The molecule has 9 nitrogen and oxygen atoms in total. The van der Waals surface area contributed by atoms with Crippen molar-refractivity contribution in [3.63, 3.8) is 0 Å². The van der Waals surface area contributed by atoms with E-state index in [4.69, 9.17) is 24.7 Å². The summed E-state index contributed by atoms with van der Waals surface area (Å²) in [6, 6.07) is 31.1. The molecule has 5 aromatic carbocycles. The van der Waals surface area contributed by atoms with E-state index >= 15 is 0 Å². The minimum absolute atomic E-state index is 0.147. The number of carbonyl (C=O) groups is 2. The first-order valence-electron chi connectivity index (χ1n) is 22.7. The Morgan fingerprint density at radius 1 is 0.652 bits per heavy atom. The minimum Gasteiger partial charge on any atom is -0.377 e. The lowest BCUT2D eigenvalue weighted by Crippen LogP contribution is -2.45. The van der Waals surface area contributed by atoms with Crippen LogP contribution in [0.1, 0.15) is 98.3 Å². The highest BCUT2D eigenvalue weighted by Crippen LogP contribution is 2.58. The summed E-state index contributed by atoms with van der Waals surface area (Å²) in [7, 11) is -7.30. The third-order valence-electron chi connectivity index (χ3n) is 12.5. The van der Waals surface area contributed by atoms with Crippen LogP contribution in [0.2, 0.25) is 0 Å². The van der Waals surface area contributed by atoms with Gasteiger partial charge in [0.25, 0.3) is 0 Å². The molecule has 0 radical (unpaired) electrons. The molecule has 3 unspecified atom stereocenters. The van der Waals surface area contributed by atoms with Gasteiger partial charge in [0.05, 0.1) is 39.1 Å². The highest BCUT2D eigenvalue weighted by molar-refractivity contribution is 7.93. The van der Waals surface area contributed by atoms with Gasteiger partial charge in [0.1, 0.15) is 5.72 Å². The molecule has 5 aromatic rings. The van der Waals surface area contributed by atoms with Crippen molar-refractivity contribution in [2.75, 3.05) is 26.4 Å². The SMILES string of the molecule is Cc1cc(C)c(C(=O)P(=O)(C2=CC=CCC2)c2ccccc2)c(C)c1COCCC(C)OCC(C)(N)OCCOCc1c(C)cc(C)c(C(=O)P(=O)(c2ccccc2)c2ccccc2)c1C. The number of benzene rings is 5. The Labute approximate surface area is 391 Å². The van der Waals surface area contributed by atoms with Crippen LogP contribution in [0.15, 0.2) is 127 Å². The molecule has 1 aliphatic carbocycles. The number of hydrogen-bond donors (Lipinski definition) is 1. The third kappa shape index (κ3) is 11.3. The summed E-state index contributed by atoms with van der Waals surface area (Å²) in [5, 5.41) is 2.24. The first-order valence-corrected chi connectivity index (χ1v) is 26.1. The minimum atomic E-state index is -3.70. The molecule has 0 heterocycles. The average Bonchev–Trinajstić information content (AvgIpc) is 3.31. The number of allylic oxidation sites excluding steroid dienone is 4. The second kappa shape index (κ2) is 22.3. The summed E-state index contributed by atoms with van der Waals surface area (Å²) >= 11 is 0. The van der Waals surface area contributed by atoms with Gasteiger partial charge in [-0.3, -0.25) is 9.59 Å². The zero-order chi connectivity index (χ0) is 47.6. The molecule has 3 atom stereocenters. The van der Waals surface area contributed by atoms with Crippen LogP contribution in [0.5, 0.6) is 0 Å². The van der Waals surface area contributed by atoms with Crippen molar-refractivity contribution in [2.45, 2.75) is 99.7 Å². The molecule has 0 spiro atoms. The molecular formula is C55H65NO8P2. The highest BCUT2D eigenvalue weighted by Gasteiger charge is 2.41. The van der Waals surface area contributed by atoms with Crippen LogP contribution in [0.3, 0.4) is 0 Å². The van der Waals surface area contributed by atoms with Crippen LogP contribution in [-0.2, 0) is 41.3 Å². The van der Waals surface area contributed by atoms with Crippen LogP contribution in [0.4, 0.5) is 0 Å². The first kappa shape index (κ1) is 50.6. The first-order chi connectivity index (χ1) is 31.5. The number of carbonyl (C=O) groups excluding carboxylic acids is 2. The predicted octanol–water partition coefficient (Wildman–Crippen LogP) is 11.0. The van der Waals surface area contributed by atoms with E-state index in [1.54, 1.807) is 43.3 Å². The molecule has 0 aromatic heterocycles. The number of hydrogen-bond acceptors (Lipinski definition) is 9. The fourth-order valence-electron chi connectivity index (χ4n) is 8.80. The lowest BCUT2D eigenvalue weighted by atomic mass is 9.94. The molecule has 0 amide bonds. The Balaban J connectivity index is 0.997. The van der Waals surface area contributed by atoms with Crippen LogP contribution < -0.4 is 21.6 Å². The van der Waals surface area contributed by atoms with Gasteiger partial charge in [-0.05, 0) is 119 Å². The smallest absolute Gasteiger partial charge is 0.230 e. The molecule has 2 N–H and O–H groups in total. The van der Waals surface area contributed by atoms with Crippen molar-refractivity contribution in [1.29, 1.82) is 0 Å². The molecule has 11 heteroatoms. The van der Waals surface area contributed by atoms with E-state index in [1.807, 2.05) is 133 Å². The average molecular weight is 930 g/mol. The topological polar surface area (TPSA) is 131 Å². The van der Waals surface area contributed by atoms with E-state index in [-0.39, 0.29) is 38.1 Å². The van der Waals surface area contributed by atoms with Crippen molar-refractivity contribution in [2.24, 2.45) is 5.73 Å². The summed E-state index contributed by atoms with van der Waals surface area (Å²) in [6.45, 7) is 16.9. The molecule has 0 fully saturated rings. The maximum absolute atomic E-state index is 15.0. The maximum Gasteiger partial charge on any atom is 0.230 e. The van der Waals surface area contributed by atoms with E-state index in [1.165, 1.54) is 0 Å². The third-order valence-corrected chi connectivity index (χ3v) is 18.3. The quantitative estimate of drug-likeness (QED) is 0.0409. The molecule has 0 aliphatic heterocycles. The highest BCUT2D eigenvalue weighted by atomic mass is 31.2. The van der Waals surface area contributed by atoms with Gasteiger partial charge in [0.2, 0.25) is 25.3 Å². The lowest BCUT2D eigenvalue weighted by Gasteiger charge is -2.27. The molecule has 0 saturated carbocycles. The van der Waals surface area contributed by atoms with Gasteiger partial charge in [0, 0.05) is 39.0 Å². The van der Waals surface area contributed by atoms with Crippen LogP contribution in [0.25, 0.3) is 0 Å². The normalized spacial score (nSPS) is 15.1. The van der Waals surface area contributed by atoms with Crippen LogP contribution >= 0.6 is 14.3 Å². The Morgan fingerprint density at radius 2 is 1.11 bits per heavy atom. The molecule has 1 aliphatic rings. The van der Waals surface area contributed by atoms with E-state index in [0.29, 0.717) is 58.4 Å². The zero-order valence-electron chi connectivity index (χ0n) is 39.7.